The van der Waals surface area contributed by atoms with Crippen LogP contribution >= 0.6 is 0 Å². The summed E-state index contributed by atoms with van der Waals surface area (Å²) in [5.74, 6) is 0.689. The van der Waals surface area contributed by atoms with Gasteiger partial charge in [-0.15, -0.1) is 0 Å². The zero-order valence-corrected chi connectivity index (χ0v) is 12.5. The van der Waals surface area contributed by atoms with Crippen molar-refractivity contribution in [1.29, 1.82) is 0 Å². The summed E-state index contributed by atoms with van der Waals surface area (Å²) >= 11 is 0. The molecule has 1 aromatic carbocycles. The van der Waals surface area contributed by atoms with Crippen molar-refractivity contribution in [3.8, 4) is 5.75 Å². The first-order chi connectivity index (χ1) is 9.45. The highest BCUT2D eigenvalue weighted by atomic mass is 16.5. The van der Waals surface area contributed by atoms with E-state index in [1.807, 2.05) is 38.1 Å². The van der Waals surface area contributed by atoms with Crippen molar-refractivity contribution in [2.75, 3.05) is 13.7 Å². The van der Waals surface area contributed by atoms with Gasteiger partial charge in [0.05, 0.1) is 5.92 Å². The van der Waals surface area contributed by atoms with E-state index in [9.17, 15) is 4.79 Å². The number of carbonyl (C=O) groups excluding carboxylic acids is 1. The molecule has 0 fully saturated rings. The number of hydrogen-bond donors (Lipinski definition) is 1. The van der Waals surface area contributed by atoms with Crippen molar-refractivity contribution < 1.29 is 9.53 Å². The van der Waals surface area contributed by atoms with Gasteiger partial charge in [-0.25, -0.2) is 0 Å². The number of ether oxygens (including phenoxy) is 1. The molecule has 0 aliphatic carbocycles. The van der Waals surface area contributed by atoms with Crippen molar-refractivity contribution in [2.45, 2.75) is 26.4 Å². The molecular weight excluding hydrogens is 252 g/mol. The fourth-order valence-corrected chi connectivity index (χ4v) is 1.77. The number of carbonyl (C=O) groups is 1. The summed E-state index contributed by atoms with van der Waals surface area (Å²) in [4.78, 5) is 13.8. The van der Waals surface area contributed by atoms with E-state index in [0.717, 1.165) is 11.3 Å². The van der Waals surface area contributed by atoms with E-state index in [0.29, 0.717) is 13.2 Å². The van der Waals surface area contributed by atoms with Crippen LogP contribution in [0.25, 0.3) is 0 Å². The number of nitrogens with zero attached hydrogens (tertiary/aromatic N) is 1. The van der Waals surface area contributed by atoms with Crippen LogP contribution in [-0.2, 0) is 11.3 Å². The Hall–Kier alpha value is -1.81. The smallest absolute Gasteiger partial charge is 0.226 e. The second-order valence-electron chi connectivity index (χ2n) is 5.09. The Labute approximate surface area is 121 Å². The highest BCUT2D eigenvalue weighted by molar-refractivity contribution is 5.78. The summed E-state index contributed by atoms with van der Waals surface area (Å²) in [6, 6.07) is 7.56. The highest BCUT2D eigenvalue weighted by Gasteiger charge is 2.20. The molecule has 0 aromatic heterocycles. The van der Waals surface area contributed by atoms with Crippen LogP contribution in [0.2, 0.25) is 0 Å². The Morgan fingerprint density at radius 1 is 1.40 bits per heavy atom. The van der Waals surface area contributed by atoms with Gasteiger partial charge in [0.2, 0.25) is 5.91 Å². The first kappa shape index (κ1) is 16.2. The zero-order chi connectivity index (χ0) is 15.1. The molecule has 1 rings (SSSR count). The number of hydrogen-bond acceptors (Lipinski definition) is 3. The lowest BCUT2D eigenvalue weighted by molar-refractivity contribution is -0.134. The number of nitrogens with two attached hydrogens (primary N) is 1. The van der Waals surface area contributed by atoms with E-state index >= 15 is 0 Å². The van der Waals surface area contributed by atoms with Crippen LogP contribution in [0.3, 0.4) is 0 Å². The maximum atomic E-state index is 12.1. The second-order valence-corrected chi connectivity index (χ2v) is 5.09. The molecule has 110 valence electrons. The predicted molar refractivity (Wildman–Crippen MR) is 81.4 cm³/mol. The van der Waals surface area contributed by atoms with Gasteiger partial charge in [-0.1, -0.05) is 31.7 Å². The van der Waals surface area contributed by atoms with Gasteiger partial charge in [0.1, 0.15) is 12.4 Å². The van der Waals surface area contributed by atoms with Crippen LogP contribution in [0.5, 0.6) is 5.75 Å². The third kappa shape index (κ3) is 4.70. The normalized spacial score (nSPS) is 13.4. The Kier molecular flexibility index (Phi) is 6.25. The molecule has 4 nitrogen and oxygen atoms in total. The first-order valence-electron chi connectivity index (χ1n) is 6.79. The van der Waals surface area contributed by atoms with Crippen molar-refractivity contribution in [2.24, 2.45) is 11.7 Å². The van der Waals surface area contributed by atoms with Crippen molar-refractivity contribution in [3.63, 3.8) is 0 Å². The van der Waals surface area contributed by atoms with E-state index in [-0.39, 0.29) is 17.9 Å². The Morgan fingerprint density at radius 2 is 2.00 bits per heavy atom. The molecule has 20 heavy (non-hydrogen) atoms. The standard InChI is InChI=1S/C16H24N2O2/c1-5-10-20-15-8-6-14(7-9-15)11-18(4)16(19)12(2)13(3)17/h5-9,12-13H,1,10-11,17H2,2-4H3. The summed E-state index contributed by atoms with van der Waals surface area (Å²) in [6.07, 6.45) is 1.70. The molecule has 0 radical (unpaired) electrons. The predicted octanol–water partition coefficient (Wildman–Crippen LogP) is 2.19. The molecule has 0 spiro atoms. The average molecular weight is 276 g/mol. The van der Waals surface area contributed by atoms with Crippen LogP contribution in [0.4, 0.5) is 0 Å². The average Bonchev–Trinajstić information content (AvgIpc) is 2.44. The maximum Gasteiger partial charge on any atom is 0.226 e. The fourth-order valence-electron chi connectivity index (χ4n) is 1.77. The molecule has 0 bridgehead atoms. The van der Waals surface area contributed by atoms with Crippen LogP contribution in [0, 0.1) is 5.92 Å². The van der Waals surface area contributed by atoms with Crippen LogP contribution in [0.15, 0.2) is 36.9 Å². The Bertz CT molecular complexity index is 440. The van der Waals surface area contributed by atoms with Crippen molar-refractivity contribution in [1.82, 2.24) is 4.90 Å². The first-order valence-corrected chi connectivity index (χ1v) is 6.79. The summed E-state index contributed by atoms with van der Waals surface area (Å²) in [7, 11) is 1.79. The van der Waals surface area contributed by atoms with Crippen molar-refractivity contribution >= 4 is 5.91 Å². The molecule has 2 unspecified atom stereocenters. The molecule has 0 heterocycles. The van der Waals surface area contributed by atoms with E-state index < -0.39 is 0 Å². The zero-order valence-electron chi connectivity index (χ0n) is 12.5. The van der Waals surface area contributed by atoms with E-state index in [1.165, 1.54) is 0 Å². The van der Waals surface area contributed by atoms with E-state index in [1.54, 1.807) is 18.0 Å². The van der Waals surface area contributed by atoms with E-state index in [2.05, 4.69) is 6.58 Å². The van der Waals surface area contributed by atoms with Crippen LogP contribution < -0.4 is 10.5 Å². The molecule has 4 heteroatoms. The summed E-state index contributed by atoms with van der Waals surface area (Å²) in [5, 5.41) is 0. The minimum absolute atomic E-state index is 0.0620. The van der Waals surface area contributed by atoms with Gasteiger partial charge in [-0.2, -0.15) is 0 Å². The lowest BCUT2D eigenvalue weighted by Crippen LogP contribution is -2.39. The van der Waals surface area contributed by atoms with Gasteiger partial charge < -0.3 is 15.4 Å². The topological polar surface area (TPSA) is 55.6 Å². The Morgan fingerprint density at radius 3 is 2.50 bits per heavy atom. The lowest BCUT2D eigenvalue weighted by atomic mass is 10.0. The lowest BCUT2D eigenvalue weighted by Gasteiger charge is -2.23. The molecule has 0 saturated heterocycles. The summed E-state index contributed by atoms with van der Waals surface area (Å²) in [5.41, 5.74) is 6.82. The molecule has 1 amide bonds. The van der Waals surface area contributed by atoms with Gasteiger partial charge in [0, 0.05) is 19.6 Å². The summed E-state index contributed by atoms with van der Waals surface area (Å²) in [6.45, 7) is 8.37. The Balaban J connectivity index is 2.59. The largest absolute Gasteiger partial charge is 0.490 e. The molecule has 2 N–H and O–H groups in total. The maximum absolute atomic E-state index is 12.1. The molecule has 0 aliphatic rings. The summed E-state index contributed by atoms with van der Waals surface area (Å²) < 4.78 is 5.42. The SMILES string of the molecule is C=CCOc1ccc(CN(C)C(=O)C(C)C(C)N)cc1. The van der Waals surface area contributed by atoms with E-state index in [4.69, 9.17) is 10.5 Å². The van der Waals surface area contributed by atoms with Gasteiger partial charge >= 0.3 is 0 Å². The quantitative estimate of drug-likeness (QED) is 0.777. The highest BCUT2D eigenvalue weighted by Crippen LogP contribution is 2.14. The minimum Gasteiger partial charge on any atom is -0.490 e. The second kappa shape index (κ2) is 7.70. The molecule has 1 aromatic rings. The third-order valence-corrected chi connectivity index (χ3v) is 3.27. The van der Waals surface area contributed by atoms with Gasteiger partial charge in [0.15, 0.2) is 0 Å². The number of benzene rings is 1. The molecule has 0 aliphatic heterocycles. The van der Waals surface area contributed by atoms with Gasteiger partial charge in [-0.05, 0) is 24.6 Å². The van der Waals surface area contributed by atoms with Gasteiger partial charge in [-0.3, -0.25) is 4.79 Å². The molecule has 0 saturated carbocycles. The monoisotopic (exact) mass is 276 g/mol. The molecular formula is C16H24N2O2. The van der Waals surface area contributed by atoms with Crippen LogP contribution in [-0.4, -0.2) is 30.5 Å². The molecule has 2 atom stereocenters. The number of amides is 1. The minimum atomic E-state index is -0.171. The van der Waals surface area contributed by atoms with Crippen molar-refractivity contribution in [3.05, 3.63) is 42.5 Å². The number of rotatable bonds is 7. The van der Waals surface area contributed by atoms with Crippen LogP contribution in [0.1, 0.15) is 19.4 Å². The fraction of sp³-hybridized carbons (Fsp3) is 0.438. The third-order valence-electron chi connectivity index (χ3n) is 3.27. The van der Waals surface area contributed by atoms with Gasteiger partial charge in [0.25, 0.3) is 0 Å².